The molecule has 0 spiro atoms. The van der Waals surface area contributed by atoms with Gasteiger partial charge in [0.25, 0.3) is 0 Å². The quantitative estimate of drug-likeness (QED) is 0.250. The number of hydrogen-bond donors (Lipinski definition) is 0. The van der Waals surface area contributed by atoms with E-state index in [9.17, 15) is 0 Å². The molecule has 0 amide bonds. The van der Waals surface area contributed by atoms with Gasteiger partial charge in [0.15, 0.2) is 0 Å². The molecule has 0 bridgehead atoms. The van der Waals surface area contributed by atoms with Crippen LogP contribution >= 0.6 is 0 Å². The van der Waals surface area contributed by atoms with Crippen molar-refractivity contribution >= 4 is 61.9 Å². The van der Waals surface area contributed by atoms with Crippen LogP contribution in [0.5, 0.6) is 0 Å². The molecule has 19 heteroatoms. The van der Waals surface area contributed by atoms with Gasteiger partial charge >= 0.3 is 172 Å². The van der Waals surface area contributed by atoms with Crippen LogP contribution in [0.15, 0.2) is 0 Å². The van der Waals surface area contributed by atoms with Crippen LogP contribution in [0.4, 0.5) is 0 Å². The van der Waals surface area contributed by atoms with Crippen LogP contribution in [0.1, 0.15) is 0 Å². The van der Waals surface area contributed by atoms with E-state index in [2.05, 4.69) is 0 Å². The van der Waals surface area contributed by atoms with E-state index in [1.165, 1.54) is 0 Å². The predicted octanol–water partition coefficient (Wildman–Crippen LogP) is -7.24. The van der Waals surface area contributed by atoms with Gasteiger partial charge in [0.05, 0.1) is 0 Å². The molecule has 0 rings (SSSR count). The Labute approximate surface area is 191 Å². The number of rotatable bonds is 0. The van der Waals surface area contributed by atoms with Crippen LogP contribution in [0.3, 0.4) is 0 Å². The third-order valence-corrected chi connectivity index (χ3v) is 0. The SMILES string of the molecule is [O-2].[O-2].[O-2].[O-2].[O]=[Al][O-].[O]=[Al][O-].[O]=[Al][O-].[O]=[Al][O-].[Zr+4].[Zr+4].[Zr+4]. The van der Waals surface area contributed by atoms with Crippen LogP contribution in [0.2, 0.25) is 0 Å². The second-order valence-electron chi connectivity index (χ2n) is 0.385. The molecule has 0 N–H and O–H groups in total. The zero-order valence-electron chi connectivity index (χ0n) is 8.71. The molecule has 0 aromatic carbocycles. The van der Waals surface area contributed by atoms with E-state index in [1.807, 2.05) is 0 Å². The van der Waals surface area contributed by atoms with Gasteiger partial charge in [-0.2, -0.15) is 0 Å². The first-order chi connectivity index (χ1) is 5.66. The van der Waals surface area contributed by atoms with E-state index in [-0.39, 0.29) is 101 Å². The molecule has 0 atom stereocenters. The fraction of sp³-hybridized carbons (Fsp3) is 0. The Hall–Kier alpha value is 3.02. The predicted molar refractivity (Wildman–Crippen MR) is 28.5 cm³/mol. The van der Waals surface area contributed by atoms with Crippen molar-refractivity contribution in [1.29, 1.82) is 0 Å². The van der Waals surface area contributed by atoms with Gasteiger partial charge in [0.1, 0.15) is 0 Å². The Morgan fingerprint density at radius 3 is 0.421 bits per heavy atom. The minimum Gasteiger partial charge on any atom is 4.00 e. The Kier molecular flexibility index (Phi) is 721. The summed E-state index contributed by atoms with van der Waals surface area (Å²) < 4.78 is 67.7. The van der Waals surface area contributed by atoms with Crippen molar-refractivity contribution < 1.29 is 132 Å². The molecular weight excluding hydrogens is 574 g/mol. The van der Waals surface area contributed by atoms with Crippen molar-refractivity contribution in [3.8, 4) is 0 Å². The summed E-state index contributed by atoms with van der Waals surface area (Å²) >= 11 is -7.00. The smallest absolute Gasteiger partial charge is 4.00 e. The summed E-state index contributed by atoms with van der Waals surface area (Å²) in [6.07, 6.45) is 0. The van der Waals surface area contributed by atoms with Crippen LogP contribution < -0.4 is 16.6 Å². The van der Waals surface area contributed by atoms with E-state index in [1.54, 1.807) is 0 Å². The second-order valence-corrected chi connectivity index (χ2v) is 1.15. The zero-order valence-corrected chi connectivity index (χ0v) is 20.7. The van der Waals surface area contributed by atoms with Gasteiger partial charge in [0.2, 0.25) is 0 Å². The van der Waals surface area contributed by atoms with Crippen molar-refractivity contribution in [3.63, 3.8) is 0 Å². The molecule has 0 heterocycles. The first-order valence-corrected chi connectivity index (χ1v) is 5.66. The van der Waals surface area contributed by atoms with Crippen molar-refractivity contribution in [3.05, 3.63) is 0 Å². The summed E-state index contributed by atoms with van der Waals surface area (Å²) in [6.45, 7) is 0. The fourth-order valence-electron chi connectivity index (χ4n) is 0. The molecule has 0 saturated heterocycles. The van der Waals surface area contributed by atoms with E-state index < -0.39 is 61.9 Å². The van der Waals surface area contributed by atoms with E-state index in [4.69, 9.17) is 31.8 Å². The summed E-state index contributed by atoms with van der Waals surface area (Å²) in [6, 6.07) is 0. The Morgan fingerprint density at radius 2 is 0.421 bits per heavy atom. The molecule has 0 aliphatic heterocycles. The van der Waals surface area contributed by atoms with Crippen LogP contribution in [-0.4, -0.2) is 61.9 Å². The Balaban J connectivity index is -0.00000000444. The maximum atomic E-state index is 8.46. The molecule has 0 saturated carbocycles. The van der Waals surface area contributed by atoms with Gasteiger partial charge < -0.3 is 21.9 Å². The first-order valence-electron chi connectivity index (χ1n) is 1.89. The molecule has 0 aromatic heterocycles. The van der Waals surface area contributed by atoms with Crippen molar-refractivity contribution in [2.75, 3.05) is 0 Å². The molecule has 0 fully saturated rings. The molecule has 0 aliphatic carbocycles. The molecule has 19 heavy (non-hydrogen) atoms. The summed E-state index contributed by atoms with van der Waals surface area (Å²) in [5, 5.41) is 0. The topological polar surface area (TPSA) is 275 Å². The average molecular weight is 574 g/mol. The second kappa shape index (κ2) is 171. The Morgan fingerprint density at radius 1 is 0.421 bits per heavy atom. The molecule has 0 aromatic rings. The first kappa shape index (κ1) is 80.1. The van der Waals surface area contributed by atoms with E-state index >= 15 is 0 Å². The van der Waals surface area contributed by atoms with Crippen LogP contribution in [-0.2, 0) is 116 Å². The summed E-state index contributed by atoms with van der Waals surface area (Å²) in [7, 11) is 0. The third kappa shape index (κ3) is 834. The minimum absolute atomic E-state index is 0. The molecule has 0 aliphatic rings. The van der Waals surface area contributed by atoms with Crippen LogP contribution in [0, 0.1) is 0 Å². The van der Waals surface area contributed by atoms with Gasteiger partial charge in [-0.05, 0) is 0 Å². The van der Waals surface area contributed by atoms with Gasteiger partial charge in [-0.25, -0.2) is 0 Å². The average Bonchev–Trinajstić information content (AvgIpc) is 1.92. The summed E-state index contributed by atoms with van der Waals surface area (Å²) in [5.74, 6) is 0. The zero-order chi connectivity index (χ0) is 10.8. The van der Waals surface area contributed by atoms with E-state index in [0.717, 1.165) is 0 Å². The molecular formula is Al4O12Zr3. The van der Waals surface area contributed by atoms with Gasteiger partial charge in [-0.1, -0.05) is 0 Å². The van der Waals surface area contributed by atoms with Crippen molar-refractivity contribution in [1.82, 2.24) is 0 Å². The minimum atomic E-state index is -1.75. The monoisotopic (exact) mass is 570 g/mol. The fourth-order valence-corrected chi connectivity index (χ4v) is 0. The van der Waals surface area contributed by atoms with Crippen molar-refractivity contribution in [2.24, 2.45) is 0 Å². The van der Waals surface area contributed by atoms with Crippen LogP contribution in [0.25, 0.3) is 0 Å². The molecule has 0 unspecified atom stereocenters. The van der Waals surface area contributed by atoms with E-state index in [0.29, 0.717) is 0 Å². The molecule has 96 valence electrons. The Bertz CT molecular complexity index is 79.0. The standard InChI is InChI=1S/4Al.12O.3Zr/q;;;;;;;;4*-2;4*-1;3*+4. The maximum absolute atomic E-state index is 8.46. The third-order valence-electron chi connectivity index (χ3n) is 0. The summed E-state index contributed by atoms with van der Waals surface area (Å²) in [5.41, 5.74) is 0. The van der Waals surface area contributed by atoms with Gasteiger partial charge in [-0.3, -0.25) is 0 Å². The maximum Gasteiger partial charge on any atom is 4.00 e. The number of hydrogen-bond acceptors (Lipinski definition) is 8. The van der Waals surface area contributed by atoms with Gasteiger partial charge in [-0.15, -0.1) is 0 Å². The molecule has 12 nitrogen and oxygen atoms in total. The largest absolute Gasteiger partial charge is 4.00 e. The van der Waals surface area contributed by atoms with Gasteiger partial charge in [0, 0.05) is 0 Å². The normalized spacial score (nSPS) is 1.68. The summed E-state index contributed by atoms with van der Waals surface area (Å²) in [4.78, 5) is 0. The van der Waals surface area contributed by atoms with Crippen molar-refractivity contribution in [2.45, 2.75) is 0 Å². The molecule has 0 radical (unpaired) electrons.